The summed E-state index contributed by atoms with van der Waals surface area (Å²) in [5.41, 5.74) is 1.70. The van der Waals surface area contributed by atoms with Crippen LogP contribution < -0.4 is 9.47 Å². The van der Waals surface area contributed by atoms with Crippen molar-refractivity contribution in [3.63, 3.8) is 0 Å². The Balaban J connectivity index is 1.75. The Hall–Kier alpha value is -1.79. The molecule has 0 N–H and O–H groups in total. The van der Waals surface area contributed by atoms with E-state index < -0.39 is 0 Å². The Kier molecular flexibility index (Phi) is 8.61. The summed E-state index contributed by atoms with van der Waals surface area (Å²) in [6.45, 7) is 2.37. The van der Waals surface area contributed by atoms with Crippen LogP contribution in [-0.2, 0) is 13.0 Å². The number of methoxy groups -OCH3 is 1. The lowest BCUT2D eigenvalue weighted by atomic mass is 10.1. The van der Waals surface area contributed by atoms with E-state index in [1.54, 1.807) is 37.5 Å². The largest absolute Gasteiger partial charge is 0.496 e. The van der Waals surface area contributed by atoms with Crippen LogP contribution in [0.25, 0.3) is 6.08 Å². The maximum absolute atomic E-state index is 12.6. The normalized spacial score (nSPS) is 11.1. The van der Waals surface area contributed by atoms with Crippen LogP contribution in [0.15, 0.2) is 53.0 Å². The Morgan fingerprint density at radius 3 is 2.71 bits per heavy atom. The summed E-state index contributed by atoms with van der Waals surface area (Å²) in [5.74, 6) is 1.17. The fourth-order valence-corrected chi connectivity index (χ4v) is 5.19. The van der Waals surface area contributed by atoms with E-state index in [1.165, 1.54) is 16.2 Å². The summed E-state index contributed by atoms with van der Waals surface area (Å²) < 4.78 is 12.3. The molecule has 0 saturated carbocycles. The van der Waals surface area contributed by atoms with Crippen LogP contribution in [0.2, 0.25) is 10.0 Å². The summed E-state index contributed by atoms with van der Waals surface area (Å²) in [6.07, 6.45) is 5.39. The molecule has 7 heteroatoms. The van der Waals surface area contributed by atoms with E-state index in [2.05, 4.69) is 22.9 Å². The van der Waals surface area contributed by atoms with Crippen LogP contribution in [0.1, 0.15) is 39.0 Å². The van der Waals surface area contributed by atoms with Crippen LogP contribution in [0.4, 0.5) is 0 Å². The Morgan fingerprint density at radius 1 is 1.16 bits per heavy atom. The van der Waals surface area contributed by atoms with Crippen molar-refractivity contribution in [2.45, 2.75) is 26.4 Å². The van der Waals surface area contributed by atoms with E-state index in [-0.39, 0.29) is 12.4 Å². The van der Waals surface area contributed by atoms with Gasteiger partial charge in [-0.15, -0.1) is 11.3 Å². The van der Waals surface area contributed by atoms with Gasteiger partial charge in [-0.2, -0.15) is 0 Å². The van der Waals surface area contributed by atoms with Gasteiger partial charge in [-0.05, 0) is 64.3 Å². The number of ether oxygens (including phenoxy) is 2. The van der Waals surface area contributed by atoms with Gasteiger partial charge in [-0.25, -0.2) is 0 Å². The van der Waals surface area contributed by atoms with E-state index >= 15 is 0 Å². The molecule has 31 heavy (non-hydrogen) atoms. The minimum Gasteiger partial charge on any atom is -0.496 e. The Morgan fingerprint density at radius 2 is 1.97 bits per heavy atom. The summed E-state index contributed by atoms with van der Waals surface area (Å²) >= 11 is 17.3. The number of thiophene rings is 1. The number of rotatable bonds is 9. The van der Waals surface area contributed by atoms with Crippen LogP contribution in [0, 0.1) is 0 Å². The van der Waals surface area contributed by atoms with Crippen molar-refractivity contribution in [1.29, 1.82) is 0 Å². The van der Waals surface area contributed by atoms with Gasteiger partial charge in [0.05, 0.1) is 17.0 Å². The van der Waals surface area contributed by atoms with Crippen molar-refractivity contribution in [3.8, 4) is 11.5 Å². The summed E-state index contributed by atoms with van der Waals surface area (Å²) in [5, 5.41) is 0.804. The molecule has 3 nitrogen and oxygen atoms in total. The number of hydrogen-bond acceptors (Lipinski definition) is 4. The van der Waals surface area contributed by atoms with Crippen molar-refractivity contribution >= 4 is 62.3 Å². The van der Waals surface area contributed by atoms with Crippen molar-refractivity contribution in [3.05, 3.63) is 83.9 Å². The van der Waals surface area contributed by atoms with Crippen LogP contribution in [-0.4, -0.2) is 12.9 Å². The van der Waals surface area contributed by atoms with E-state index in [9.17, 15) is 4.79 Å². The Bertz CT molecular complexity index is 1110. The van der Waals surface area contributed by atoms with Gasteiger partial charge in [0, 0.05) is 14.9 Å². The number of allylic oxidation sites excluding steroid dienone is 1. The summed E-state index contributed by atoms with van der Waals surface area (Å²) in [4.78, 5) is 14.5. The minimum absolute atomic E-state index is 0.0209. The molecule has 0 bridgehead atoms. The third kappa shape index (κ3) is 6.13. The number of halogens is 3. The monoisotopic (exact) mass is 538 g/mol. The van der Waals surface area contributed by atoms with Crippen LogP contribution in [0.3, 0.4) is 0 Å². The van der Waals surface area contributed by atoms with E-state index in [0.29, 0.717) is 21.5 Å². The SMILES string of the molecule is CCCc1sc(C(=O)/C=C/c2ccc(OC)c(COc3cccc(Cl)c3Cl)c2)cc1Br. The van der Waals surface area contributed by atoms with Gasteiger partial charge >= 0.3 is 0 Å². The highest BCUT2D eigenvalue weighted by molar-refractivity contribution is 9.10. The molecule has 0 radical (unpaired) electrons. The molecule has 0 aliphatic heterocycles. The molecular formula is C24H21BrCl2O3S. The zero-order valence-electron chi connectivity index (χ0n) is 17.1. The number of ketones is 1. The lowest BCUT2D eigenvalue weighted by Gasteiger charge is -2.12. The van der Waals surface area contributed by atoms with Crippen molar-refractivity contribution in [1.82, 2.24) is 0 Å². The molecule has 3 rings (SSSR count). The molecule has 0 amide bonds. The zero-order chi connectivity index (χ0) is 22.4. The van der Waals surface area contributed by atoms with Gasteiger partial charge in [0.1, 0.15) is 23.1 Å². The fraction of sp³-hybridized carbons (Fsp3) is 0.208. The first-order valence-electron chi connectivity index (χ1n) is 9.67. The molecule has 0 unspecified atom stereocenters. The number of aryl methyl sites for hydroxylation is 1. The molecule has 0 atom stereocenters. The second-order valence-corrected chi connectivity index (χ2v) is 9.52. The highest BCUT2D eigenvalue weighted by Gasteiger charge is 2.12. The Labute approximate surface area is 204 Å². The van der Waals surface area contributed by atoms with E-state index in [0.717, 1.165) is 33.3 Å². The molecule has 0 aliphatic rings. The molecule has 0 saturated heterocycles. The summed E-state index contributed by atoms with van der Waals surface area (Å²) in [7, 11) is 1.60. The predicted molar refractivity (Wildman–Crippen MR) is 133 cm³/mol. The lowest BCUT2D eigenvalue weighted by Crippen LogP contribution is -2.00. The molecule has 162 valence electrons. The van der Waals surface area contributed by atoms with Crippen LogP contribution in [0.5, 0.6) is 11.5 Å². The minimum atomic E-state index is -0.0209. The maximum Gasteiger partial charge on any atom is 0.195 e. The summed E-state index contributed by atoms with van der Waals surface area (Å²) in [6, 6.07) is 12.8. The van der Waals surface area contributed by atoms with Crippen LogP contribution >= 0.6 is 50.5 Å². The highest BCUT2D eigenvalue weighted by Crippen LogP contribution is 2.33. The smallest absolute Gasteiger partial charge is 0.195 e. The maximum atomic E-state index is 12.6. The van der Waals surface area contributed by atoms with E-state index in [4.69, 9.17) is 32.7 Å². The van der Waals surface area contributed by atoms with Gasteiger partial charge in [0.15, 0.2) is 5.78 Å². The molecule has 1 heterocycles. The number of benzene rings is 2. The highest BCUT2D eigenvalue weighted by atomic mass is 79.9. The first-order chi connectivity index (χ1) is 14.9. The average Bonchev–Trinajstić information content (AvgIpc) is 3.14. The standard InChI is InChI=1S/C24H21BrCl2O3S/c1-3-5-22-17(25)13-23(31-22)19(28)10-8-15-9-11-20(29-2)16(12-15)14-30-21-7-4-6-18(26)24(21)27/h4,6-13H,3,5,14H2,1-2H3/b10-8+. The second-order valence-electron chi connectivity index (χ2n) is 6.74. The van der Waals surface area contributed by atoms with E-state index in [1.807, 2.05) is 24.3 Å². The molecule has 3 aromatic rings. The first-order valence-corrected chi connectivity index (χ1v) is 12.0. The van der Waals surface area contributed by atoms with Crippen molar-refractivity contribution in [2.24, 2.45) is 0 Å². The first kappa shape index (κ1) is 23.9. The molecular weight excluding hydrogens is 519 g/mol. The number of carbonyl (C=O) groups is 1. The average molecular weight is 540 g/mol. The predicted octanol–water partition coefficient (Wildman–Crippen LogP) is 8.25. The third-order valence-electron chi connectivity index (χ3n) is 4.51. The number of hydrogen-bond donors (Lipinski definition) is 0. The van der Waals surface area contributed by atoms with Gasteiger partial charge < -0.3 is 9.47 Å². The molecule has 2 aromatic carbocycles. The fourth-order valence-electron chi connectivity index (χ4n) is 2.95. The topological polar surface area (TPSA) is 35.5 Å². The number of carbonyl (C=O) groups excluding carboxylic acids is 1. The second kappa shape index (κ2) is 11.2. The van der Waals surface area contributed by atoms with Crippen molar-refractivity contribution in [2.75, 3.05) is 7.11 Å². The third-order valence-corrected chi connectivity index (χ3v) is 7.49. The molecule has 0 aliphatic carbocycles. The molecule has 0 spiro atoms. The molecule has 0 fully saturated rings. The van der Waals surface area contributed by atoms with Gasteiger partial charge in [-0.3, -0.25) is 4.79 Å². The van der Waals surface area contributed by atoms with Crippen molar-refractivity contribution < 1.29 is 14.3 Å². The van der Waals surface area contributed by atoms with Gasteiger partial charge in [0.2, 0.25) is 0 Å². The molecule has 1 aromatic heterocycles. The van der Waals surface area contributed by atoms with Gasteiger partial charge in [-0.1, -0.05) is 54.8 Å². The quantitative estimate of drug-likeness (QED) is 0.203. The lowest BCUT2D eigenvalue weighted by molar-refractivity contribution is 0.105. The zero-order valence-corrected chi connectivity index (χ0v) is 21.0. The van der Waals surface area contributed by atoms with Gasteiger partial charge in [0.25, 0.3) is 0 Å².